The molecule has 2 nitrogen and oxygen atoms in total. The molecule has 0 spiro atoms. The fourth-order valence-electron chi connectivity index (χ4n) is 3.35. The number of hydrogen-bond acceptors (Lipinski definition) is 2. The van der Waals surface area contributed by atoms with Gasteiger partial charge in [0.25, 0.3) is 0 Å². The summed E-state index contributed by atoms with van der Waals surface area (Å²) in [7, 11) is 0. The molecular formula is C23H26O2. The summed E-state index contributed by atoms with van der Waals surface area (Å²) in [6, 6.07) is 18.2. The highest BCUT2D eigenvalue weighted by atomic mass is 16.5. The SMILES string of the molecule is CCCCCCCCOC(=O)c1c2ccccc2cc2ccccc12. The maximum atomic E-state index is 12.8. The summed E-state index contributed by atoms with van der Waals surface area (Å²) in [5.41, 5.74) is 0.694. The smallest absolute Gasteiger partial charge is 0.339 e. The van der Waals surface area contributed by atoms with E-state index >= 15 is 0 Å². The first-order valence-electron chi connectivity index (χ1n) is 9.39. The monoisotopic (exact) mass is 334 g/mol. The lowest BCUT2D eigenvalue weighted by molar-refractivity contribution is 0.0502. The zero-order chi connectivity index (χ0) is 17.5. The van der Waals surface area contributed by atoms with Gasteiger partial charge in [0, 0.05) is 0 Å². The predicted octanol–water partition coefficient (Wildman–Crippen LogP) is 6.51. The maximum Gasteiger partial charge on any atom is 0.339 e. The fraction of sp³-hybridized carbons (Fsp3) is 0.348. The highest BCUT2D eigenvalue weighted by Gasteiger charge is 2.15. The van der Waals surface area contributed by atoms with Crippen LogP contribution in [0.1, 0.15) is 55.8 Å². The van der Waals surface area contributed by atoms with Crippen molar-refractivity contribution in [3.8, 4) is 0 Å². The Bertz CT molecular complexity index is 797. The molecule has 0 amide bonds. The number of rotatable bonds is 8. The van der Waals surface area contributed by atoms with Gasteiger partial charge < -0.3 is 4.74 Å². The van der Waals surface area contributed by atoms with Crippen LogP contribution in [0.25, 0.3) is 21.5 Å². The normalized spacial score (nSPS) is 11.1. The van der Waals surface area contributed by atoms with Crippen LogP contribution >= 0.6 is 0 Å². The van der Waals surface area contributed by atoms with Gasteiger partial charge in [-0.2, -0.15) is 0 Å². The molecule has 0 unspecified atom stereocenters. The van der Waals surface area contributed by atoms with E-state index in [1.807, 2.05) is 48.5 Å². The van der Waals surface area contributed by atoms with Crippen molar-refractivity contribution in [1.29, 1.82) is 0 Å². The van der Waals surface area contributed by atoms with Gasteiger partial charge in [-0.1, -0.05) is 87.6 Å². The summed E-state index contributed by atoms with van der Waals surface area (Å²) in [5.74, 6) is -0.207. The molecule has 0 aliphatic rings. The van der Waals surface area contributed by atoms with Gasteiger partial charge in [-0.15, -0.1) is 0 Å². The average Bonchev–Trinajstić information content (AvgIpc) is 2.65. The molecule has 0 fully saturated rings. The van der Waals surface area contributed by atoms with E-state index in [0.29, 0.717) is 12.2 Å². The van der Waals surface area contributed by atoms with Gasteiger partial charge in [0.2, 0.25) is 0 Å². The minimum Gasteiger partial charge on any atom is -0.462 e. The molecule has 3 aromatic carbocycles. The van der Waals surface area contributed by atoms with Crippen LogP contribution in [0.4, 0.5) is 0 Å². The van der Waals surface area contributed by atoms with Crippen molar-refractivity contribution in [2.45, 2.75) is 45.4 Å². The van der Waals surface area contributed by atoms with E-state index in [9.17, 15) is 4.79 Å². The van der Waals surface area contributed by atoms with E-state index < -0.39 is 0 Å². The zero-order valence-electron chi connectivity index (χ0n) is 15.0. The first kappa shape index (κ1) is 17.5. The summed E-state index contributed by atoms with van der Waals surface area (Å²) in [4.78, 5) is 12.8. The second-order valence-electron chi connectivity index (χ2n) is 6.60. The largest absolute Gasteiger partial charge is 0.462 e. The van der Waals surface area contributed by atoms with Crippen molar-refractivity contribution in [3.05, 3.63) is 60.2 Å². The van der Waals surface area contributed by atoms with Crippen LogP contribution < -0.4 is 0 Å². The lowest BCUT2D eigenvalue weighted by Crippen LogP contribution is -2.08. The number of ether oxygens (including phenoxy) is 1. The molecular weight excluding hydrogens is 308 g/mol. The molecule has 0 radical (unpaired) electrons. The molecule has 130 valence electrons. The Morgan fingerprint density at radius 2 is 1.36 bits per heavy atom. The van der Waals surface area contributed by atoms with E-state index in [1.54, 1.807) is 0 Å². The van der Waals surface area contributed by atoms with Crippen molar-refractivity contribution in [3.63, 3.8) is 0 Å². The van der Waals surface area contributed by atoms with Crippen LogP contribution in [-0.4, -0.2) is 12.6 Å². The van der Waals surface area contributed by atoms with Crippen LogP contribution in [0.2, 0.25) is 0 Å². The van der Waals surface area contributed by atoms with Crippen LogP contribution in [-0.2, 0) is 4.74 Å². The summed E-state index contributed by atoms with van der Waals surface area (Å²) in [6.07, 6.45) is 7.12. The van der Waals surface area contributed by atoms with Gasteiger partial charge in [0.05, 0.1) is 12.2 Å². The zero-order valence-corrected chi connectivity index (χ0v) is 15.0. The molecule has 3 rings (SSSR count). The Morgan fingerprint density at radius 1 is 0.800 bits per heavy atom. The van der Waals surface area contributed by atoms with Gasteiger partial charge >= 0.3 is 5.97 Å². The third-order valence-corrected chi connectivity index (χ3v) is 4.71. The molecule has 0 atom stereocenters. The fourth-order valence-corrected chi connectivity index (χ4v) is 3.35. The van der Waals surface area contributed by atoms with E-state index in [4.69, 9.17) is 4.74 Å². The van der Waals surface area contributed by atoms with Crippen LogP contribution in [0.15, 0.2) is 54.6 Å². The average molecular weight is 334 g/mol. The van der Waals surface area contributed by atoms with Crippen molar-refractivity contribution in [2.24, 2.45) is 0 Å². The van der Waals surface area contributed by atoms with Crippen molar-refractivity contribution >= 4 is 27.5 Å². The van der Waals surface area contributed by atoms with Crippen LogP contribution in [0, 0.1) is 0 Å². The number of carbonyl (C=O) groups excluding carboxylic acids is 1. The number of hydrogen-bond donors (Lipinski definition) is 0. The molecule has 0 saturated carbocycles. The number of benzene rings is 3. The third kappa shape index (κ3) is 4.19. The maximum absolute atomic E-state index is 12.8. The van der Waals surface area contributed by atoms with E-state index in [0.717, 1.165) is 34.4 Å². The Hall–Kier alpha value is -2.35. The minimum absolute atomic E-state index is 0.207. The lowest BCUT2D eigenvalue weighted by Gasteiger charge is -2.11. The second kappa shape index (κ2) is 8.66. The van der Waals surface area contributed by atoms with Gasteiger partial charge in [-0.25, -0.2) is 4.79 Å². The van der Waals surface area contributed by atoms with Crippen LogP contribution in [0.5, 0.6) is 0 Å². The Balaban J connectivity index is 1.75. The number of esters is 1. The molecule has 25 heavy (non-hydrogen) atoms. The predicted molar refractivity (Wildman–Crippen MR) is 105 cm³/mol. The van der Waals surface area contributed by atoms with E-state index in [1.165, 1.54) is 25.7 Å². The summed E-state index contributed by atoms with van der Waals surface area (Å²) in [6.45, 7) is 2.72. The first-order valence-corrected chi connectivity index (χ1v) is 9.39. The topological polar surface area (TPSA) is 26.3 Å². The van der Waals surface area contributed by atoms with E-state index in [-0.39, 0.29) is 5.97 Å². The number of unbranched alkanes of at least 4 members (excludes halogenated alkanes) is 5. The van der Waals surface area contributed by atoms with Gasteiger partial charge in [0.1, 0.15) is 0 Å². The molecule has 0 aliphatic carbocycles. The van der Waals surface area contributed by atoms with Crippen molar-refractivity contribution in [2.75, 3.05) is 6.61 Å². The van der Waals surface area contributed by atoms with Crippen molar-refractivity contribution in [1.82, 2.24) is 0 Å². The molecule has 2 heteroatoms. The Morgan fingerprint density at radius 3 is 2.00 bits per heavy atom. The highest BCUT2D eigenvalue weighted by molar-refractivity contribution is 6.16. The quantitative estimate of drug-likeness (QED) is 0.267. The van der Waals surface area contributed by atoms with Crippen LogP contribution in [0.3, 0.4) is 0 Å². The van der Waals surface area contributed by atoms with Crippen molar-refractivity contribution < 1.29 is 9.53 Å². The molecule has 0 saturated heterocycles. The van der Waals surface area contributed by atoms with Gasteiger partial charge in [-0.05, 0) is 34.0 Å². The lowest BCUT2D eigenvalue weighted by atomic mass is 9.97. The summed E-state index contributed by atoms with van der Waals surface area (Å²) in [5, 5.41) is 4.09. The standard InChI is InChI=1S/C23H26O2/c1-2-3-4-5-6-11-16-25-23(24)22-20-14-9-7-12-18(20)17-19-13-8-10-15-21(19)22/h7-10,12-15,17H,2-6,11,16H2,1H3. The summed E-state index contributed by atoms with van der Waals surface area (Å²) >= 11 is 0. The Kier molecular flexibility index (Phi) is 6.05. The highest BCUT2D eigenvalue weighted by Crippen LogP contribution is 2.29. The third-order valence-electron chi connectivity index (χ3n) is 4.71. The molecule has 0 aromatic heterocycles. The number of carbonyl (C=O) groups is 1. The number of fused-ring (bicyclic) bond motifs is 2. The Labute approximate surface area is 149 Å². The molecule has 0 aliphatic heterocycles. The minimum atomic E-state index is -0.207. The molecule has 0 N–H and O–H groups in total. The van der Waals surface area contributed by atoms with Gasteiger partial charge in [-0.3, -0.25) is 0 Å². The molecule has 0 heterocycles. The summed E-state index contributed by atoms with van der Waals surface area (Å²) < 4.78 is 5.61. The molecule has 0 bridgehead atoms. The van der Waals surface area contributed by atoms with E-state index in [2.05, 4.69) is 13.0 Å². The molecule has 3 aromatic rings. The van der Waals surface area contributed by atoms with Gasteiger partial charge in [0.15, 0.2) is 0 Å². The first-order chi connectivity index (χ1) is 12.3. The second-order valence-corrected chi connectivity index (χ2v) is 6.60.